The maximum Gasteiger partial charge on any atom is 0.258 e. The third kappa shape index (κ3) is 4.03. The first-order valence-corrected chi connectivity index (χ1v) is 10.2. The molecule has 0 spiro atoms. The van der Waals surface area contributed by atoms with Crippen LogP contribution in [0, 0.1) is 5.92 Å². The molecule has 0 saturated heterocycles. The number of carbonyl (C=O) groups excluding carboxylic acids is 1. The van der Waals surface area contributed by atoms with Gasteiger partial charge in [-0.15, -0.1) is 6.58 Å². The van der Waals surface area contributed by atoms with Crippen molar-refractivity contribution in [2.75, 3.05) is 5.32 Å². The number of hydrogen-bond donors (Lipinski definition) is 3. The summed E-state index contributed by atoms with van der Waals surface area (Å²) in [6.07, 6.45) is 5.91. The van der Waals surface area contributed by atoms with E-state index in [9.17, 15) is 19.1 Å². The zero-order chi connectivity index (χ0) is 22.3. The van der Waals surface area contributed by atoms with Crippen molar-refractivity contribution in [3.05, 3.63) is 64.8 Å². The second-order valence-corrected chi connectivity index (χ2v) is 8.09. The zero-order valence-electron chi connectivity index (χ0n) is 17.4. The smallest absolute Gasteiger partial charge is 0.258 e. The average Bonchev–Trinajstić information content (AvgIpc) is 3.48. The number of amides is 1. The Morgan fingerprint density at radius 1 is 1.52 bits per heavy atom. The highest BCUT2D eigenvalue weighted by Gasteiger charge is 2.43. The number of carbonyl (C=O) groups is 1. The minimum absolute atomic E-state index is 0.201. The number of allylic oxidation sites excluding steroid dienone is 2. The third-order valence-corrected chi connectivity index (χ3v) is 5.80. The molecule has 0 radical (unpaired) electrons. The molecule has 8 heteroatoms. The molecule has 1 aliphatic carbocycles. The molecule has 7 nitrogen and oxygen atoms in total. The van der Waals surface area contributed by atoms with E-state index in [0.717, 1.165) is 16.5 Å². The molecule has 4 unspecified atom stereocenters. The first-order chi connectivity index (χ1) is 14.8. The van der Waals surface area contributed by atoms with Crippen molar-refractivity contribution in [3.63, 3.8) is 0 Å². The van der Waals surface area contributed by atoms with Crippen LogP contribution in [0.15, 0.2) is 53.6 Å². The number of aliphatic hydroxyl groups excluding tert-OH is 1. The van der Waals surface area contributed by atoms with Gasteiger partial charge in [-0.3, -0.25) is 9.59 Å². The van der Waals surface area contributed by atoms with E-state index in [-0.39, 0.29) is 23.8 Å². The second-order valence-electron chi connectivity index (χ2n) is 8.09. The van der Waals surface area contributed by atoms with Gasteiger partial charge >= 0.3 is 0 Å². The number of pyridine rings is 2. The van der Waals surface area contributed by atoms with Gasteiger partial charge < -0.3 is 20.3 Å². The number of anilines is 1. The van der Waals surface area contributed by atoms with E-state index in [1.165, 1.54) is 4.57 Å². The molecule has 162 valence electrons. The predicted octanol–water partition coefficient (Wildman–Crippen LogP) is 2.43. The van der Waals surface area contributed by atoms with Crippen LogP contribution in [-0.4, -0.2) is 38.9 Å². The number of rotatable bonds is 6. The number of alkyl halides is 1. The molecule has 0 aromatic carbocycles. The molecule has 4 rings (SSSR count). The van der Waals surface area contributed by atoms with Crippen LogP contribution in [0.2, 0.25) is 0 Å². The van der Waals surface area contributed by atoms with Crippen LogP contribution in [0.4, 0.5) is 10.2 Å². The summed E-state index contributed by atoms with van der Waals surface area (Å²) in [4.78, 5) is 29.3. The van der Waals surface area contributed by atoms with Gasteiger partial charge in [0.05, 0.1) is 23.6 Å². The van der Waals surface area contributed by atoms with Crippen LogP contribution in [-0.2, 0) is 11.8 Å². The van der Waals surface area contributed by atoms with E-state index in [1.54, 1.807) is 37.7 Å². The number of halogens is 1. The van der Waals surface area contributed by atoms with E-state index in [4.69, 9.17) is 0 Å². The van der Waals surface area contributed by atoms with Gasteiger partial charge in [-0.1, -0.05) is 12.2 Å². The van der Waals surface area contributed by atoms with E-state index in [1.807, 2.05) is 13.0 Å². The van der Waals surface area contributed by atoms with Crippen molar-refractivity contribution in [2.45, 2.75) is 38.1 Å². The summed E-state index contributed by atoms with van der Waals surface area (Å²) in [5, 5.41) is 16.7. The molecule has 2 aromatic heterocycles. The van der Waals surface area contributed by atoms with E-state index in [2.05, 4.69) is 22.2 Å². The Hall–Kier alpha value is -3.26. The summed E-state index contributed by atoms with van der Waals surface area (Å²) in [7, 11) is 1.66. The van der Waals surface area contributed by atoms with E-state index >= 15 is 0 Å². The summed E-state index contributed by atoms with van der Waals surface area (Å²) in [6.45, 7) is 5.55. The molecule has 1 aliphatic heterocycles. The van der Waals surface area contributed by atoms with Crippen molar-refractivity contribution in [3.8, 4) is 0 Å². The van der Waals surface area contributed by atoms with Gasteiger partial charge in [-0.2, -0.15) is 0 Å². The fraction of sp³-hybridized carbons (Fsp3) is 0.348. The topological polar surface area (TPSA) is 96.2 Å². The lowest BCUT2D eigenvalue weighted by molar-refractivity contribution is -0.117. The lowest BCUT2D eigenvalue weighted by Crippen LogP contribution is -2.37. The standard InChI is InChI=1S/C23H25FN4O3/c1-4-5-20(29)18-6-12(2)16(11-25-18)14-7-13-10-26-21(9-19(13)28(3)23(14)31)27-22(30)15-8-17(15)24/h4,6-7,9-11,15,17-18,20,25,29H,1,5,8H2,2-3H3,(H,26,27,30). The number of aryl methyl sites for hydroxylation is 1. The SMILES string of the molecule is C=CCC(O)C1C=C(C)C(c2cc3cnc(NC(=O)C4CC4F)cc3n(C)c2=O)=CN1. The normalized spacial score (nSPS) is 23.4. The van der Waals surface area contributed by atoms with Gasteiger partial charge in [-0.25, -0.2) is 9.37 Å². The van der Waals surface area contributed by atoms with Crippen molar-refractivity contribution >= 4 is 28.2 Å². The Bertz CT molecular complexity index is 1180. The van der Waals surface area contributed by atoms with Crippen LogP contribution in [0.1, 0.15) is 25.3 Å². The molecule has 3 N–H and O–H groups in total. The van der Waals surface area contributed by atoms with Gasteiger partial charge in [-0.05, 0) is 31.4 Å². The summed E-state index contributed by atoms with van der Waals surface area (Å²) >= 11 is 0. The number of nitrogens with one attached hydrogen (secondary N) is 2. The van der Waals surface area contributed by atoms with Gasteiger partial charge in [0.2, 0.25) is 5.91 Å². The van der Waals surface area contributed by atoms with E-state index in [0.29, 0.717) is 17.5 Å². The number of hydrogen-bond acceptors (Lipinski definition) is 5. The molecule has 1 amide bonds. The lowest BCUT2D eigenvalue weighted by atomic mass is 9.93. The first kappa shape index (κ1) is 21.0. The zero-order valence-corrected chi connectivity index (χ0v) is 17.4. The highest BCUT2D eigenvalue weighted by Crippen LogP contribution is 2.34. The predicted molar refractivity (Wildman–Crippen MR) is 118 cm³/mol. The van der Waals surface area contributed by atoms with Crippen molar-refractivity contribution < 1.29 is 14.3 Å². The number of aliphatic hydroxyl groups is 1. The summed E-state index contributed by atoms with van der Waals surface area (Å²) < 4.78 is 14.6. The summed E-state index contributed by atoms with van der Waals surface area (Å²) in [5.74, 6) is -0.723. The number of fused-ring (bicyclic) bond motifs is 1. The molecular formula is C23H25FN4O3. The molecule has 2 aliphatic rings. The van der Waals surface area contributed by atoms with Crippen LogP contribution >= 0.6 is 0 Å². The highest BCUT2D eigenvalue weighted by atomic mass is 19.1. The molecule has 1 saturated carbocycles. The Morgan fingerprint density at radius 2 is 2.26 bits per heavy atom. The van der Waals surface area contributed by atoms with E-state index < -0.39 is 24.1 Å². The minimum Gasteiger partial charge on any atom is -0.390 e. The fourth-order valence-electron chi connectivity index (χ4n) is 3.81. The van der Waals surface area contributed by atoms with Gasteiger partial charge in [0.1, 0.15) is 12.0 Å². The quantitative estimate of drug-likeness (QED) is 0.619. The minimum atomic E-state index is -1.08. The Morgan fingerprint density at radius 3 is 2.90 bits per heavy atom. The highest BCUT2D eigenvalue weighted by molar-refractivity contribution is 5.96. The third-order valence-electron chi connectivity index (χ3n) is 5.80. The Kier molecular flexibility index (Phi) is 5.49. The maximum absolute atomic E-state index is 13.1. The molecule has 2 aromatic rings. The first-order valence-electron chi connectivity index (χ1n) is 10.2. The summed E-state index contributed by atoms with van der Waals surface area (Å²) in [6, 6.07) is 3.13. The average molecular weight is 424 g/mol. The number of nitrogens with zero attached hydrogens (tertiary/aromatic N) is 2. The number of aromatic nitrogens is 2. The van der Waals surface area contributed by atoms with Crippen molar-refractivity contribution in [2.24, 2.45) is 13.0 Å². The van der Waals surface area contributed by atoms with Crippen LogP contribution in [0.5, 0.6) is 0 Å². The van der Waals surface area contributed by atoms with Gasteiger partial charge in [0, 0.05) is 42.0 Å². The molecule has 31 heavy (non-hydrogen) atoms. The molecule has 1 fully saturated rings. The molecule has 3 heterocycles. The van der Waals surface area contributed by atoms with Crippen LogP contribution < -0.4 is 16.2 Å². The lowest BCUT2D eigenvalue weighted by Gasteiger charge is -2.26. The monoisotopic (exact) mass is 424 g/mol. The Balaban J connectivity index is 1.64. The second kappa shape index (κ2) is 8.11. The van der Waals surface area contributed by atoms with Crippen LogP contribution in [0.3, 0.4) is 0 Å². The van der Waals surface area contributed by atoms with Crippen molar-refractivity contribution in [1.82, 2.24) is 14.9 Å². The molecule has 0 bridgehead atoms. The van der Waals surface area contributed by atoms with Crippen LogP contribution in [0.25, 0.3) is 16.5 Å². The summed E-state index contributed by atoms with van der Waals surface area (Å²) in [5.41, 5.74) is 2.53. The fourth-order valence-corrected chi connectivity index (χ4v) is 3.81. The molecular weight excluding hydrogens is 399 g/mol. The van der Waals surface area contributed by atoms with Crippen molar-refractivity contribution in [1.29, 1.82) is 0 Å². The van der Waals surface area contributed by atoms with Gasteiger partial charge in [0.25, 0.3) is 5.56 Å². The van der Waals surface area contributed by atoms with Gasteiger partial charge in [0.15, 0.2) is 0 Å². The Labute approximate surface area is 179 Å². The molecule has 4 atom stereocenters. The maximum atomic E-state index is 13.1. The number of dihydropyridines is 1. The largest absolute Gasteiger partial charge is 0.390 e.